The van der Waals surface area contributed by atoms with Crippen LogP contribution in [-0.4, -0.2) is 61.8 Å². The van der Waals surface area contributed by atoms with E-state index in [1.54, 1.807) is 73.8 Å². The van der Waals surface area contributed by atoms with Crippen LogP contribution >= 0.6 is 11.6 Å². The SMILES string of the molecule is CCOc1cc(C(Nc2ccc(C(=N)N)cc2)C(=O)NNC(=O)c2ccccc2Cl)ccc1OCCOC.O=C(O)C(F)(F)F. The number of halogens is 4. The summed E-state index contributed by atoms with van der Waals surface area (Å²) < 4.78 is 48.3. The highest BCUT2D eigenvalue weighted by Gasteiger charge is 2.38. The van der Waals surface area contributed by atoms with Crippen molar-refractivity contribution in [2.24, 2.45) is 5.73 Å². The van der Waals surface area contributed by atoms with Crippen LogP contribution in [0.5, 0.6) is 11.5 Å². The van der Waals surface area contributed by atoms with Crippen molar-refractivity contribution in [3.63, 3.8) is 0 Å². The number of carboxylic acid groups (broad SMARTS) is 1. The zero-order valence-corrected chi connectivity index (χ0v) is 24.8. The first-order valence-electron chi connectivity index (χ1n) is 13.0. The van der Waals surface area contributed by atoms with Crippen LogP contribution in [0.2, 0.25) is 5.02 Å². The predicted octanol–water partition coefficient (Wildman–Crippen LogP) is 4.30. The van der Waals surface area contributed by atoms with Gasteiger partial charge in [-0.25, -0.2) is 4.79 Å². The molecule has 12 nitrogen and oxygen atoms in total. The van der Waals surface area contributed by atoms with E-state index in [2.05, 4.69) is 16.2 Å². The van der Waals surface area contributed by atoms with Gasteiger partial charge in [-0.2, -0.15) is 13.2 Å². The zero-order chi connectivity index (χ0) is 33.6. The number of rotatable bonds is 12. The first kappa shape index (κ1) is 36.2. The number of nitrogens with two attached hydrogens (primary N) is 1. The van der Waals surface area contributed by atoms with Gasteiger partial charge < -0.3 is 30.4 Å². The zero-order valence-electron chi connectivity index (χ0n) is 24.0. The molecule has 45 heavy (non-hydrogen) atoms. The Morgan fingerprint density at radius 1 is 0.978 bits per heavy atom. The molecule has 0 saturated heterocycles. The van der Waals surface area contributed by atoms with Crippen molar-refractivity contribution in [1.82, 2.24) is 10.9 Å². The van der Waals surface area contributed by atoms with E-state index < -0.39 is 30.0 Å². The molecule has 0 aromatic heterocycles. The number of nitrogen functional groups attached to an aromatic ring is 1. The van der Waals surface area contributed by atoms with Crippen LogP contribution in [0.4, 0.5) is 18.9 Å². The third kappa shape index (κ3) is 11.5. The molecule has 1 unspecified atom stereocenters. The maximum absolute atomic E-state index is 13.3. The van der Waals surface area contributed by atoms with Gasteiger partial charge in [0.1, 0.15) is 18.5 Å². The van der Waals surface area contributed by atoms with Crippen LogP contribution < -0.4 is 31.4 Å². The van der Waals surface area contributed by atoms with Gasteiger partial charge in [-0.15, -0.1) is 0 Å². The number of carbonyl (C=O) groups excluding carboxylic acids is 2. The first-order valence-corrected chi connectivity index (χ1v) is 13.4. The van der Waals surface area contributed by atoms with E-state index in [-0.39, 0.29) is 16.4 Å². The fourth-order valence-electron chi connectivity index (χ4n) is 3.44. The first-order chi connectivity index (χ1) is 21.3. The smallest absolute Gasteiger partial charge is 0.490 e. The van der Waals surface area contributed by atoms with E-state index in [1.165, 1.54) is 0 Å². The van der Waals surface area contributed by atoms with E-state index in [0.717, 1.165) is 0 Å². The van der Waals surface area contributed by atoms with Gasteiger partial charge in [0.2, 0.25) is 0 Å². The van der Waals surface area contributed by atoms with Crippen LogP contribution in [0.15, 0.2) is 66.7 Å². The quantitative estimate of drug-likeness (QED) is 0.0718. The van der Waals surface area contributed by atoms with Crippen molar-refractivity contribution in [2.45, 2.75) is 19.1 Å². The monoisotopic (exact) mass is 653 g/mol. The normalized spacial score (nSPS) is 11.2. The van der Waals surface area contributed by atoms with Gasteiger partial charge in [0.25, 0.3) is 11.8 Å². The molecule has 0 aliphatic rings. The molecule has 1 atom stereocenters. The highest BCUT2D eigenvalue weighted by Crippen LogP contribution is 2.32. The van der Waals surface area contributed by atoms with E-state index in [4.69, 9.17) is 46.9 Å². The van der Waals surface area contributed by atoms with Gasteiger partial charge in [-0.1, -0.05) is 29.8 Å². The Kier molecular flexibility index (Phi) is 13.9. The summed E-state index contributed by atoms with van der Waals surface area (Å²) >= 11 is 6.10. The van der Waals surface area contributed by atoms with Crippen LogP contribution in [-0.2, 0) is 14.3 Å². The van der Waals surface area contributed by atoms with Gasteiger partial charge in [0, 0.05) is 18.4 Å². The predicted molar refractivity (Wildman–Crippen MR) is 160 cm³/mol. The van der Waals surface area contributed by atoms with Crippen molar-refractivity contribution in [1.29, 1.82) is 5.41 Å². The molecule has 3 aromatic rings. The molecule has 0 bridgehead atoms. The van der Waals surface area contributed by atoms with Crippen molar-refractivity contribution in [2.75, 3.05) is 32.2 Å². The summed E-state index contributed by atoms with van der Waals surface area (Å²) in [7, 11) is 1.58. The molecule has 7 N–H and O–H groups in total. The minimum Gasteiger partial charge on any atom is -0.490 e. The van der Waals surface area contributed by atoms with Crippen molar-refractivity contribution >= 4 is 40.9 Å². The third-order valence-corrected chi connectivity index (χ3v) is 5.90. The number of hydrogen-bond donors (Lipinski definition) is 6. The second-order valence-electron chi connectivity index (χ2n) is 8.77. The Bertz CT molecular complexity index is 1470. The average molecular weight is 654 g/mol. The number of nitrogens with one attached hydrogen (secondary N) is 4. The number of hydrogen-bond acceptors (Lipinski definition) is 8. The molecule has 0 fully saturated rings. The Balaban J connectivity index is 0.000000900. The van der Waals surface area contributed by atoms with E-state index in [0.29, 0.717) is 48.1 Å². The number of aliphatic carboxylic acids is 1. The second-order valence-corrected chi connectivity index (χ2v) is 9.18. The number of hydrazine groups is 1. The Labute approximate surface area is 261 Å². The van der Waals surface area contributed by atoms with Gasteiger partial charge in [-0.3, -0.25) is 25.8 Å². The Morgan fingerprint density at radius 2 is 1.62 bits per heavy atom. The number of carbonyl (C=O) groups is 3. The maximum Gasteiger partial charge on any atom is 0.490 e. The van der Waals surface area contributed by atoms with Crippen molar-refractivity contribution < 1.29 is 46.9 Å². The van der Waals surface area contributed by atoms with E-state index in [1.807, 2.05) is 6.92 Å². The third-order valence-electron chi connectivity index (χ3n) is 5.58. The standard InChI is InChI=1S/C27H30ClN5O5.C2HF3O2/c1-3-37-23-16-18(10-13-22(23)38-15-14-36-2)24(31-19-11-8-17(9-12-19)25(29)30)27(35)33-32-26(34)20-6-4-5-7-21(20)28;3-2(4,5)1(6)7/h4-13,16,24,31H,3,14-15H2,1-2H3,(H3,29,30)(H,32,34)(H,33,35);(H,6,7). The minimum atomic E-state index is -5.08. The van der Waals surface area contributed by atoms with Crippen molar-refractivity contribution in [3.05, 3.63) is 88.4 Å². The molecule has 0 aliphatic carbocycles. The van der Waals surface area contributed by atoms with Crippen LogP contribution in [0.1, 0.15) is 34.5 Å². The van der Waals surface area contributed by atoms with Gasteiger partial charge in [0.05, 0.1) is 23.8 Å². The molecular weight excluding hydrogens is 623 g/mol. The lowest BCUT2D eigenvalue weighted by atomic mass is 10.0. The summed E-state index contributed by atoms with van der Waals surface area (Å²) in [6.45, 7) is 2.96. The number of ether oxygens (including phenoxy) is 3. The highest BCUT2D eigenvalue weighted by molar-refractivity contribution is 6.33. The van der Waals surface area contributed by atoms with Gasteiger partial charge in [0.15, 0.2) is 11.5 Å². The van der Waals surface area contributed by atoms with Gasteiger partial charge >= 0.3 is 12.1 Å². The number of carboxylic acids is 1. The summed E-state index contributed by atoms with van der Waals surface area (Å²) in [4.78, 5) is 34.8. The largest absolute Gasteiger partial charge is 0.490 e. The second kappa shape index (κ2) is 17.3. The number of alkyl halides is 3. The van der Waals surface area contributed by atoms with E-state index >= 15 is 0 Å². The molecule has 3 aromatic carbocycles. The number of benzene rings is 3. The average Bonchev–Trinajstić information content (AvgIpc) is 2.99. The number of amides is 2. The Morgan fingerprint density at radius 3 is 2.18 bits per heavy atom. The highest BCUT2D eigenvalue weighted by atomic mass is 35.5. The molecule has 3 rings (SSSR count). The molecular formula is C29H31ClF3N5O7. The minimum absolute atomic E-state index is 0.0708. The molecule has 242 valence electrons. The summed E-state index contributed by atoms with van der Waals surface area (Å²) in [5.74, 6) is -2.98. The van der Waals surface area contributed by atoms with Crippen LogP contribution in [0.25, 0.3) is 0 Å². The number of amidine groups is 1. The van der Waals surface area contributed by atoms with E-state index in [9.17, 15) is 22.8 Å². The summed E-state index contributed by atoms with van der Waals surface area (Å²) in [6.07, 6.45) is -5.08. The number of anilines is 1. The molecule has 0 aliphatic heterocycles. The topological polar surface area (TPSA) is 185 Å². The number of methoxy groups -OCH3 is 1. The van der Waals surface area contributed by atoms with Crippen LogP contribution in [0.3, 0.4) is 0 Å². The fourth-order valence-corrected chi connectivity index (χ4v) is 3.66. The lowest BCUT2D eigenvalue weighted by Gasteiger charge is -2.22. The maximum atomic E-state index is 13.3. The summed E-state index contributed by atoms with van der Waals surface area (Å²) in [5, 5.41) is 18.1. The van der Waals surface area contributed by atoms with Crippen molar-refractivity contribution in [3.8, 4) is 11.5 Å². The van der Waals surface area contributed by atoms with Gasteiger partial charge in [-0.05, 0) is 61.0 Å². The molecule has 2 amide bonds. The summed E-state index contributed by atoms with van der Waals surface area (Å²) in [6, 6.07) is 17.4. The molecule has 0 spiro atoms. The molecule has 16 heteroatoms. The van der Waals surface area contributed by atoms with Crippen LogP contribution in [0, 0.1) is 5.41 Å². The molecule has 0 radical (unpaired) electrons. The lowest BCUT2D eigenvalue weighted by Crippen LogP contribution is -2.45. The fraction of sp³-hybridized carbons (Fsp3) is 0.241. The summed E-state index contributed by atoms with van der Waals surface area (Å²) in [5.41, 5.74) is 12.3. The Hall–Kier alpha value is -5.02. The lowest BCUT2D eigenvalue weighted by molar-refractivity contribution is -0.192. The molecule has 0 heterocycles. The molecule has 0 saturated carbocycles.